The van der Waals surface area contributed by atoms with Crippen LogP contribution in [0.3, 0.4) is 0 Å². The number of rotatable bonds is 2. The third-order valence-corrected chi connectivity index (χ3v) is 3.79. The van der Waals surface area contributed by atoms with Crippen LogP contribution in [0.2, 0.25) is 5.02 Å². The Kier molecular flexibility index (Phi) is 3.86. The molecule has 0 bridgehead atoms. The Morgan fingerprint density at radius 3 is 2.25 bits per heavy atom. The second kappa shape index (κ2) is 5.78. The van der Waals surface area contributed by atoms with Crippen LogP contribution in [0.4, 0.5) is 0 Å². The number of pyridine rings is 1. The van der Waals surface area contributed by atoms with E-state index in [2.05, 4.69) is 45.2 Å². The van der Waals surface area contributed by atoms with E-state index in [4.69, 9.17) is 11.6 Å². The largest absolute Gasteiger partial charge is 0.254 e. The third-order valence-electron chi connectivity index (χ3n) is 3.06. The third kappa shape index (κ3) is 2.77. The Morgan fingerprint density at radius 1 is 0.850 bits per heavy atom. The van der Waals surface area contributed by atoms with E-state index in [1.165, 1.54) is 0 Å². The summed E-state index contributed by atoms with van der Waals surface area (Å²) >= 11 is 9.57. The maximum absolute atomic E-state index is 6.11. The van der Waals surface area contributed by atoms with E-state index in [0.29, 0.717) is 5.02 Å². The van der Waals surface area contributed by atoms with E-state index in [9.17, 15) is 0 Å². The van der Waals surface area contributed by atoms with Crippen LogP contribution in [-0.2, 0) is 0 Å². The van der Waals surface area contributed by atoms with Gasteiger partial charge in [0.05, 0.1) is 10.7 Å². The van der Waals surface area contributed by atoms with Crippen molar-refractivity contribution in [3.63, 3.8) is 0 Å². The number of aromatic nitrogens is 1. The predicted octanol–water partition coefficient (Wildman–Crippen LogP) is 5.83. The van der Waals surface area contributed by atoms with Crippen molar-refractivity contribution in [2.75, 3.05) is 0 Å². The second-order valence-electron chi connectivity index (χ2n) is 4.42. The Bertz CT molecular complexity index is 724. The zero-order valence-electron chi connectivity index (χ0n) is 10.6. The molecule has 20 heavy (non-hydrogen) atoms. The number of hydrogen-bond donors (Lipinski definition) is 0. The van der Waals surface area contributed by atoms with Crippen molar-refractivity contribution >= 4 is 27.5 Å². The van der Waals surface area contributed by atoms with Gasteiger partial charge in [-0.2, -0.15) is 0 Å². The van der Waals surface area contributed by atoms with E-state index in [-0.39, 0.29) is 0 Å². The van der Waals surface area contributed by atoms with E-state index in [1.807, 2.05) is 36.4 Å². The van der Waals surface area contributed by atoms with Crippen molar-refractivity contribution in [2.45, 2.75) is 0 Å². The Morgan fingerprint density at radius 2 is 1.55 bits per heavy atom. The van der Waals surface area contributed by atoms with Crippen LogP contribution < -0.4 is 0 Å². The highest BCUT2D eigenvalue weighted by molar-refractivity contribution is 9.10. The fourth-order valence-electron chi connectivity index (χ4n) is 2.11. The number of benzene rings is 2. The van der Waals surface area contributed by atoms with Gasteiger partial charge in [-0.15, -0.1) is 0 Å². The molecule has 0 atom stereocenters. The first-order valence-electron chi connectivity index (χ1n) is 6.21. The molecule has 0 radical (unpaired) electrons. The maximum Gasteiger partial charge on any atom is 0.0781 e. The lowest BCUT2D eigenvalue weighted by Crippen LogP contribution is -1.89. The van der Waals surface area contributed by atoms with Gasteiger partial charge in [0.25, 0.3) is 0 Å². The van der Waals surface area contributed by atoms with E-state index >= 15 is 0 Å². The highest BCUT2D eigenvalue weighted by atomic mass is 79.9. The van der Waals surface area contributed by atoms with Crippen molar-refractivity contribution in [1.29, 1.82) is 0 Å². The molecule has 0 unspecified atom stereocenters. The van der Waals surface area contributed by atoms with E-state index in [0.717, 1.165) is 26.9 Å². The minimum absolute atomic E-state index is 0.641. The molecule has 2 aromatic carbocycles. The summed E-state index contributed by atoms with van der Waals surface area (Å²) in [5.41, 5.74) is 4.16. The fourth-order valence-corrected chi connectivity index (χ4v) is 2.54. The molecule has 0 saturated carbocycles. The van der Waals surface area contributed by atoms with E-state index in [1.54, 1.807) is 6.20 Å². The molecule has 3 aromatic rings. The van der Waals surface area contributed by atoms with Gasteiger partial charge >= 0.3 is 0 Å². The van der Waals surface area contributed by atoms with Crippen LogP contribution in [0.25, 0.3) is 22.4 Å². The summed E-state index contributed by atoms with van der Waals surface area (Å²) in [5, 5.41) is 0.641. The quantitative estimate of drug-likeness (QED) is 0.570. The summed E-state index contributed by atoms with van der Waals surface area (Å²) in [6.07, 6.45) is 1.69. The van der Waals surface area contributed by atoms with Gasteiger partial charge in [-0.3, -0.25) is 4.98 Å². The topological polar surface area (TPSA) is 12.9 Å². The van der Waals surface area contributed by atoms with Crippen molar-refractivity contribution in [2.24, 2.45) is 0 Å². The van der Waals surface area contributed by atoms with Gasteiger partial charge in [-0.05, 0) is 23.8 Å². The number of halogens is 2. The van der Waals surface area contributed by atoms with Crippen molar-refractivity contribution in [3.05, 3.63) is 76.4 Å². The van der Waals surface area contributed by atoms with Gasteiger partial charge in [0.2, 0.25) is 0 Å². The average Bonchev–Trinajstić information content (AvgIpc) is 2.49. The first-order valence-corrected chi connectivity index (χ1v) is 7.38. The monoisotopic (exact) mass is 343 g/mol. The first-order chi connectivity index (χ1) is 9.74. The van der Waals surface area contributed by atoms with Gasteiger partial charge in [0, 0.05) is 21.8 Å². The summed E-state index contributed by atoms with van der Waals surface area (Å²) in [6, 6.07) is 20.2. The van der Waals surface area contributed by atoms with Crippen molar-refractivity contribution < 1.29 is 0 Å². The lowest BCUT2D eigenvalue weighted by Gasteiger charge is -2.10. The normalized spacial score (nSPS) is 10.5. The van der Waals surface area contributed by atoms with Crippen LogP contribution in [0.5, 0.6) is 0 Å². The average molecular weight is 345 g/mol. The van der Waals surface area contributed by atoms with Gasteiger partial charge < -0.3 is 0 Å². The maximum atomic E-state index is 6.11. The summed E-state index contributed by atoms with van der Waals surface area (Å²) in [4.78, 5) is 4.50. The molecule has 0 fully saturated rings. The molecule has 0 aliphatic rings. The smallest absolute Gasteiger partial charge is 0.0781 e. The minimum atomic E-state index is 0.641. The van der Waals surface area contributed by atoms with Crippen LogP contribution >= 0.6 is 27.5 Å². The minimum Gasteiger partial charge on any atom is -0.254 e. The van der Waals surface area contributed by atoms with Gasteiger partial charge in [0.15, 0.2) is 0 Å². The Balaban J connectivity index is 2.19. The number of hydrogen-bond acceptors (Lipinski definition) is 1. The van der Waals surface area contributed by atoms with Crippen LogP contribution in [-0.4, -0.2) is 4.98 Å². The molecule has 1 heterocycles. The molecule has 0 amide bonds. The standard InChI is InChI=1S/C17H11BrClN/c18-14-8-6-12(7-9-14)16-10-15(19)11-20-17(16)13-4-2-1-3-5-13/h1-11H. The summed E-state index contributed by atoms with van der Waals surface area (Å²) in [7, 11) is 0. The van der Waals surface area contributed by atoms with Gasteiger partial charge in [-0.25, -0.2) is 0 Å². The van der Waals surface area contributed by atoms with Crippen LogP contribution in [0, 0.1) is 0 Å². The summed E-state index contributed by atoms with van der Waals surface area (Å²) in [5.74, 6) is 0. The number of nitrogens with zero attached hydrogens (tertiary/aromatic N) is 1. The van der Waals surface area contributed by atoms with Crippen molar-refractivity contribution in [1.82, 2.24) is 4.98 Å². The Labute approximate surface area is 131 Å². The fraction of sp³-hybridized carbons (Fsp3) is 0. The second-order valence-corrected chi connectivity index (χ2v) is 5.77. The predicted molar refractivity (Wildman–Crippen MR) is 87.8 cm³/mol. The van der Waals surface area contributed by atoms with Crippen molar-refractivity contribution in [3.8, 4) is 22.4 Å². The first kappa shape index (κ1) is 13.3. The molecular formula is C17H11BrClN. The molecule has 0 N–H and O–H groups in total. The highest BCUT2D eigenvalue weighted by Crippen LogP contribution is 2.32. The molecular weight excluding hydrogens is 334 g/mol. The Hall–Kier alpha value is -1.64. The molecule has 3 rings (SSSR count). The zero-order chi connectivity index (χ0) is 13.9. The molecule has 1 aromatic heterocycles. The molecule has 0 aliphatic heterocycles. The molecule has 0 aliphatic carbocycles. The lowest BCUT2D eigenvalue weighted by molar-refractivity contribution is 1.32. The molecule has 0 spiro atoms. The summed E-state index contributed by atoms with van der Waals surface area (Å²) in [6.45, 7) is 0. The highest BCUT2D eigenvalue weighted by Gasteiger charge is 2.09. The summed E-state index contributed by atoms with van der Waals surface area (Å²) < 4.78 is 1.05. The zero-order valence-corrected chi connectivity index (χ0v) is 12.9. The van der Waals surface area contributed by atoms with Crippen LogP contribution in [0.15, 0.2) is 71.3 Å². The lowest BCUT2D eigenvalue weighted by atomic mass is 9.99. The SMILES string of the molecule is Clc1cnc(-c2ccccc2)c(-c2ccc(Br)cc2)c1. The molecule has 3 heteroatoms. The molecule has 0 saturated heterocycles. The van der Waals surface area contributed by atoms with Crippen LogP contribution in [0.1, 0.15) is 0 Å². The molecule has 98 valence electrons. The van der Waals surface area contributed by atoms with E-state index < -0.39 is 0 Å². The molecule has 1 nitrogen and oxygen atoms in total. The van der Waals surface area contributed by atoms with Gasteiger partial charge in [-0.1, -0.05) is 70.0 Å². The van der Waals surface area contributed by atoms with Gasteiger partial charge in [0.1, 0.15) is 0 Å².